The highest BCUT2D eigenvalue weighted by Gasteiger charge is 2.16. The lowest BCUT2D eigenvalue weighted by Gasteiger charge is -2.26. The molecule has 1 amide bonds. The molecular formula is C20H22ClN5O2. The third-order valence-corrected chi connectivity index (χ3v) is 5.08. The fraction of sp³-hybridized carbons (Fsp3) is 0.350. The molecule has 0 spiro atoms. The summed E-state index contributed by atoms with van der Waals surface area (Å²) in [5.74, 6) is -0.155. The maximum atomic E-state index is 12.6. The van der Waals surface area contributed by atoms with Crippen LogP contribution in [0.15, 0.2) is 42.7 Å². The second-order valence-electron chi connectivity index (χ2n) is 6.69. The first-order valence-electron chi connectivity index (χ1n) is 9.39. The predicted molar refractivity (Wildman–Crippen MR) is 108 cm³/mol. The lowest BCUT2D eigenvalue weighted by atomic mass is 10.1. The van der Waals surface area contributed by atoms with Crippen molar-refractivity contribution in [2.45, 2.75) is 6.42 Å². The zero-order valence-electron chi connectivity index (χ0n) is 15.5. The first-order chi connectivity index (χ1) is 13.7. The third kappa shape index (κ3) is 4.16. The number of rotatable bonds is 6. The van der Waals surface area contributed by atoms with E-state index in [9.17, 15) is 4.79 Å². The minimum absolute atomic E-state index is 0.155. The summed E-state index contributed by atoms with van der Waals surface area (Å²) < 4.78 is 7.03. The van der Waals surface area contributed by atoms with Crippen molar-refractivity contribution < 1.29 is 9.53 Å². The Kier molecular flexibility index (Phi) is 5.85. The van der Waals surface area contributed by atoms with Crippen LogP contribution >= 0.6 is 11.6 Å². The van der Waals surface area contributed by atoms with Gasteiger partial charge in [-0.15, -0.1) is 0 Å². The molecular weight excluding hydrogens is 378 g/mol. The molecule has 3 heterocycles. The van der Waals surface area contributed by atoms with E-state index in [2.05, 4.69) is 20.3 Å². The molecule has 0 aliphatic carbocycles. The molecule has 0 unspecified atom stereocenters. The Morgan fingerprint density at radius 1 is 1.18 bits per heavy atom. The topological polar surface area (TPSA) is 71.8 Å². The molecule has 1 aromatic carbocycles. The number of fused-ring (bicyclic) bond motifs is 1. The molecule has 1 fully saturated rings. The van der Waals surface area contributed by atoms with Crippen LogP contribution in [0.25, 0.3) is 16.9 Å². The van der Waals surface area contributed by atoms with Crippen LogP contribution in [0.4, 0.5) is 0 Å². The standard InChI is InChI=1S/C20H22ClN5O2/c21-16-4-2-15(3-5-16)18-6-8-22-19-17(14-24-26(18)19)20(27)23-7-1-9-25-10-12-28-13-11-25/h2-6,8,14H,1,7,9-13H2,(H,23,27). The number of nitrogens with zero attached hydrogens (tertiary/aromatic N) is 4. The van der Waals surface area contributed by atoms with Crippen LogP contribution in [-0.2, 0) is 4.74 Å². The van der Waals surface area contributed by atoms with Gasteiger partial charge in [-0.2, -0.15) is 5.10 Å². The molecule has 3 aromatic rings. The van der Waals surface area contributed by atoms with E-state index >= 15 is 0 Å². The van der Waals surface area contributed by atoms with Gasteiger partial charge in [0.15, 0.2) is 5.65 Å². The number of halogens is 1. The number of nitrogens with one attached hydrogen (secondary N) is 1. The summed E-state index contributed by atoms with van der Waals surface area (Å²) in [6, 6.07) is 9.37. The molecule has 2 aromatic heterocycles. The monoisotopic (exact) mass is 399 g/mol. The molecule has 1 aliphatic rings. The van der Waals surface area contributed by atoms with E-state index in [1.807, 2.05) is 30.3 Å². The maximum absolute atomic E-state index is 12.6. The molecule has 8 heteroatoms. The second kappa shape index (κ2) is 8.68. The summed E-state index contributed by atoms with van der Waals surface area (Å²) >= 11 is 5.98. The summed E-state index contributed by atoms with van der Waals surface area (Å²) in [5.41, 5.74) is 2.82. The van der Waals surface area contributed by atoms with Crippen molar-refractivity contribution in [1.82, 2.24) is 24.8 Å². The quantitative estimate of drug-likeness (QED) is 0.645. The van der Waals surface area contributed by atoms with Crippen LogP contribution in [0.3, 0.4) is 0 Å². The molecule has 0 atom stereocenters. The molecule has 0 bridgehead atoms. The van der Waals surface area contributed by atoms with Crippen molar-refractivity contribution in [3.8, 4) is 11.3 Å². The van der Waals surface area contributed by atoms with Gasteiger partial charge in [-0.1, -0.05) is 23.7 Å². The number of carbonyl (C=O) groups is 1. The predicted octanol–water partition coefficient (Wildman–Crippen LogP) is 2.50. The molecule has 1 aliphatic heterocycles. The van der Waals surface area contributed by atoms with E-state index in [0.29, 0.717) is 22.8 Å². The Morgan fingerprint density at radius 2 is 1.96 bits per heavy atom. The van der Waals surface area contributed by atoms with Crippen molar-refractivity contribution in [2.75, 3.05) is 39.4 Å². The van der Waals surface area contributed by atoms with Crippen LogP contribution in [0, 0.1) is 0 Å². The van der Waals surface area contributed by atoms with Gasteiger partial charge < -0.3 is 10.1 Å². The highest BCUT2D eigenvalue weighted by atomic mass is 35.5. The lowest BCUT2D eigenvalue weighted by molar-refractivity contribution is 0.0374. The third-order valence-electron chi connectivity index (χ3n) is 4.83. The molecule has 0 saturated carbocycles. The van der Waals surface area contributed by atoms with Crippen molar-refractivity contribution in [1.29, 1.82) is 0 Å². The Balaban J connectivity index is 1.43. The number of carbonyl (C=O) groups excluding carboxylic acids is 1. The molecule has 28 heavy (non-hydrogen) atoms. The highest BCUT2D eigenvalue weighted by molar-refractivity contribution is 6.30. The summed E-state index contributed by atoms with van der Waals surface area (Å²) in [6.07, 6.45) is 4.16. The molecule has 4 rings (SSSR count). The number of aromatic nitrogens is 3. The van der Waals surface area contributed by atoms with Gasteiger partial charge in [0.25, 0.3) is 5.91 Å². The van der Waals surface area contributed by atoms with Crippen LogP contribution in [-0.4, -0.2) is 64.8 Å². The highest BCUT2D eigenvalue weighted by Crippen LogP contribution is 2.22. The van der Waals surface area contributed by atoms with Gasteiger partial charge in [0, 0.05) is 36.4 Å². The number of benzene rings is 1. The number of amides is 1. The number of morpholine rings is 1. The SMILES string of the molecule is O=C(NCCCN1CCOCC1)c1cnn2c(-c3ccc(Cl)cc3)ccnc12. The van der Waals surface area contributed by atoms with E-state index in [0.717, 1.165) is 50.5 Å². The minimum atomic E-state index is -0.155. The van der Waals surface area contributed by atoms with E-state index in [-0.39, 0.29) is 5.91 Å². The van der Waals surface area contributed by atoms with Gasteiger partial charge in [0.05, 0.1) is 25.1 Å². The van der Waals surface area contributed by atoms with Crippen molar-refractivity contribution in [3.05, 3.63) is 53.3 Å². The van der Waals surface area contributed by atoms with Crippen LogP contribution in [0.5, 0.6) is 0 Å². The van der Waals surface area contributed by atoms with Gasteiger partial charge >= 0.3 is 0 Å². The van der Waals surface area contributed by atoms with Crippen molar-refractivity contribution in [3.63, 3.8) is 0 Å². The molecule has 146 valence electrons. The average molecular weight is 400 g/mol. The van der Waals surface area contributed by atoms with Crippen LogP contribution in [0.2, 0.25) is 5.02 Å². The van der Waals surface area contributed by atoms with Crippen molar-refractivity contribution >= 4 is 23.2 Å². The largest absolute Gasteiger partial charge is 0.379 e. The molecule has 1 N–H and O–H groups in total. The normalized spacial score (nSPS) is 15.0. The zero-order valence-corrected chi connectivity index (χ0v) is 16.2. The Hall–Kier alpha value is -2.48. The summed E-state index contributed by atoms with van der Waals surface area (Å²) in [4.78, 5) is 19.3. The number of hydrogen-bond donors (Lipinski definition) is 1. The van der Waals surface area contributed by atoms with Crippen LogP contribution in [0.1, 0.15) is 16.8 Å². The Labute approximate surface area is 168 Å². The maximum Gasteiger partial charge on any atom is 0.256 e. The zero-order chi connectivity index (χ0) is 19.3. The van der Waals surface area contributed by atoms with Gasteiger partial charge in [-0.05, 0) is 31.2 Å². The van der Waals surface area contributed by atoms with Gasteiger partial charge in [-0.3, -0.25) is 9.69 Å². The summed E-state index contributed by atoms with van der Waals surface area (Å²) in [5, 5.41) is 8.03. The Bertz CT molecular complexity index is 951. The minimum Gasteiger partial charge on any atom is -0.379 e. The first kappa shape index (κ1) is 18.9. The van der Waals surface area contributed by atoms with Crippen LogP contribution < -0.4 is 5.32 Å². The van der Waals surface area contributed by atoms with Gasteiger partial charge in [0.1, 0.15) is 5.56 Å². The second-order valence-corrected chi connectivity index (χ2v) is 7.13. The summed E-state index contributed by atoms with van der Waals surface area (Å²) in [7, 11) is 0. The molecule has 0 radical (unpaired) electrons. The summed E-state index contributed by atoms with van der Waals surface area (Å²) in [6.45, 7) is 5.06. The number of hydrogen-bond acceptors (Lipinski definition) is 5. The van der Waals surface area contributed by atoms with Gasteiger partial charge in [0.2, 0.25) is 0 Å². The van der Waals surface area contributed by atoms with E-state index in [4.69, 9.17) is 16.3 Å². The van der Waals surface area contributed by atoms with E-state index in [1.54, 1.807) is 16.9 Å². The molecule has 7 nitrogen and oxygen atoms in total. The first-order valence-corrected chi connectivity index (χ1v) is 9.77. The smallest absolute Gasteiger partial charge is 0.256 e. The van der Waals surface area contributed by atoms with E-state index < -0.39 is 0 Å². The number of ether oxygens (including phenoxy) is 1. The van der Waals surface area contributed by atoms with Gasteiger partial charge in [-0.25, -0.2) is 9.50 Å². The van der Waals surface area contributed by atoms with Crippen molar-refractivity contribution in [2.24, 2.45) is 0 Å². The Morgan fingerprint density at radius 3 is 2.75 bits per heavy atom. The average Bonchev–Trinajstić information content (AvgIpc) is 3.17. The lowest BCUT2D eigenvalue weighted by Crippen LogP contribution is -2.38. The van der Waals surface area contributed by atoms with E-state index in [1.165, 1.54) is 0 Å². The fourth-order valence-corrected chi connectivity index (χ4v) is 3.44. The molecule has 1 saturated heterocycles. The fourth-order valence-electron chi connectivity index (χ4n) is 3.32.